The molecule has 7 heteroatoms. The van der Waals surface area contributed by atoms with Gasteiger partial charge in [0.25, 0.3) is 0 Å². The number of aromatic nitrogens is 3. The van der Waals surface area contributed by atoms with Gasteiger partial charge in [-0.3, -0.25) is 4.57 Å². The highest BCUT2D eigenvalue weighted by Gasteiger charge is 2.26. The lowest BCUT2D eigenvalue weighted by atomic mass is 10.00. The molecule has 2 saturated heterocycles. The molecule has 1 unspecified atom stereocenters. The molecule has 1 aromatic rings. The molecule has 2 aliphatic heterocycles. The lowest BCUT2D eigenvalue weighted by molar-refractivity contribution is 0.0951. The van der Waals surface area contributed by atoms with Crippen molar-refractivity contribution in [1.82, 2.24) is 14.8 Å². The molecule has 5 nitrogen and oxygen atoms in total. The highest BCUT2D eigenvalue weighted by atomic mass is 32.2. The van der Waals surface area contributed by atoms with Gasteiger partial charge in [-0.15, -0.1) is 10.2 Å². The van der Waals surface area contributed by atoms with Crippen molar-refractivity contribution in [1.29, 1.82) is 0 Å². The molecule has 0 aliphatic carbocycles. The second-order valence-corrected chi connectivity index (χ2v) is 15.5. The molecule has 0 saturated carbocycles. The Morgan fingerprint density at radius 3 is 2.54 bits per heavy atom. The largest absolute Gasteiger partial charge is 0.376 e. The highest BCUT2D eigenvalue weighted by Crippen LogP contribution is 2.29. The first kappa shape index (κ1) is 18.3. The number of thioether (sulfide) groups is 1. The number of rotatable bonds is 6. The smallest absolute Gasteiger partial charge is 0.228 e. The molecule has 1 aromatic heterocycles. The minimum Gasteiger partial charge on any atom is -0.376 e. The Kier molecular flexibility index (Phi) is 5.92. The van der Waals surface area contributed by atoms with E-state index in [9.17, 15) is 0 Å². The van der Waals surface area contributed by atoms with Gasteiger partial charge in [-0.25, -0.2) is 0 Å². The zero-order chi connectivity index (χ0) is 17.2. The van der Waals surface area contributed by atoms with Gasteiger partial charge in [0.1, 0.15) is 0 Å². The third kappa shape index (κ3) is 4.76. The van der Waals surface area contributed by atoms with Crippen LogP contribution in [0.2, 0.25) is 19.6 Å². The number of ether oxygens (including phenoxy) is 1. The van der Waals surface area contributed by atoms with Crippen LogP contribution >= 0.6 is 11.8 Å². The second-order valence-electron chi connectivity index (χ2n) is 8.55. The fourth-order valence-corrected chi connectivity index (χ4v) is 5.92. The second kappa shape index (κ2) is 7.79. The Hall–Kier alpha value is -0.533. The number of anilines is 1. The summed E-state index contributed by atoms with van der Waals surface area (Å²) < 4.78 is 8.23. The van der Waals surface area contributed by atoms with Crippen LogP contribution in [0.15, 0.2) is 5.16 Å². The first-order valence-corrected chi connectivity index (χ1v) is 14.0. The molecular formula is C17H32N4OSSi. The topological polar surface area (TPSA) is 43.2 Å². The van der Waals surface area contributed by atoms with Crippen LogP contribution in [0.5, 0.6) is 0 Å². The highest BCUT2D eigenvalue weighted by molar-refractivity contribution is 8.00. The van der Waals surface area contributed by atoms with E-state index in [0.29, 0.717) is 6.10 Å². The van der Waals surface area contributed by atoms with E-state index in [2.05, 4.69) is 46.2 Å². The summed E-state index contributed by atoms with van der Waals surface area (Å²) >= 11 is 1.89. The zero-order valence-electron chi connectivity index (χ0n) is 15.6. The summed E-state index contributed by atoms with van der Waals surface area (Å²) in [7, 11) is -1.11. The van der Waals surface area contributed by atoms with Crippen molar-refractivity contribution in [2.75, 3.05) is 30.0 Å². The van der Waals surface area contributed by atoms with Gasteiger partial charge in [0, 0.05) is 19.7 Å². The van der Waals surface area contributed by atoms with Crippen molar-refractivity contribution in [2.45, 2.75) is 70.1 Å². The Bertz CT molecular complexity index is 531. The summed E-state index contributed by atoms with van der Waals surface area (Å²) in [5, 5.41) is 11.4. The van der Waals surface area contributed by atoms with Crippen molar-refractivity contribution in [3.05, 3.63) is 0 Å². The number of hydrogen-bond acceptors (Lipinski definition) is 5. The first-order valence-electron chi connectivity index (χ1n) is 9.35. The van der Waals surface area contributed by atoms with Crippen LogP contribution in [-0.2, 0) is 11.3 Å². The molecule has 0 radical (unpaired) electrons. The van der Waals surface area contributed by atoms with E-state index in [1.54, 1.807) is 0 Å². The summed E-state index contributed by atoms with van der Waals surface area (Å²) in [6, 6.07) is 0. The van der Waals surface area contributed by atoms with E-state index in [4.69, 9.17) is 4.74 Å². The van der Waals surface area contributed by atoms with Gasteiger partial charge in [0.15, 0.2) is 5.16 Å². The molecule has 0 spiro atoms. The molecule has 24 heavy (non-hydrogen) atoms. The fourth-order valence-electron chi connectivity index (χ4n) is 3.26. The minimum atomic E-state index is -1.11. The van der Waals surface area contributed by atoms with Crippen molar-refractivity contribution in [3.63, 3.8) is 0 Å². The third-order valence-electron chi connectivity index (χ3n) is 4.81. The van der Waals surface area contributed by atoms with Gasteiger partial charge in [0.2, 0.25) is 5.95 Å². The Labute approximate surface area is 151 Å². The van der Waals surface area contributed by atoms with Crippen molar-refractivity contribution in [3.8, 4) is 0 Å². The predicted molar refractivity (Wildman–Crippen MR) is 104 cm³/mol. The van der Waals surface area contributed by atoms with Gasteiger partial charge in [-0.2, -0.15) is 0 Å². The molecule has 0 aromatic carbocycles. The van der Waals surface area contributed by atoms with Gasteiger partial charge in [-0.1, -0.05) is 38.3 Å². The van der Waals surface area contributed by atoms with E-state index in [1.807, 2.05) is 11.8 Å². The minimum absolute atomic E-state index is 0.328. The lowest BCUT2D eigenvalue weighted by Crippen LogP contribution is -2.35. The normalized spacial score (nSPS) is 23.2. The molecule has 2 aliphatic rings. The Morgan fingerprint density at radius 2 is 1.92 bits per heavy atom. The van der Waals surface area contributed by atoms with Gasteiger partial charge >= 0.3 is 0 Å². The number of nitrogens with zero attached hydrogens (tertiary/aromatic N) is 4. The lowest BCUT2D eigenvalue weighted by Gasteiger charge is -2.31. The molecule has 1 atom stereocenters. The quantitative estimate of drug-likeness (QED) is 0.566. The van der Waals surface area contributed by atoms with Crippen LogP contribution in [0.25, 0.3) is 0 Å². The monoisotopic (exact) mass is 368 g/mol. The zero-order valence-corrected chi connectivity index (χ0v) is 17.4. The summed E-state index contributed by atoms with van der Waals surface area (Å²) in [5.74, 6) is 1.90. The van der Waals surface area contributed by atoms with E-state index < -0.39 is 8.07 Å². The summed E-state index contributed by atoms with van der Waals surface area (Å²) in [4.78, 5) is 2.43. The molecule has 2 fully saturated rings. The standard InChI is InChI=1S/C17H32N4OSSi/c1-14-7-9-20(10-8-14)16-18-19-17(23-13-24(2,3)4)21(16)12-15-6-5-11-22-15/h14-15H,5-13H2,1-4H3. The van der Waals surface area contributed by atoms with Crippen LogP contribution in [0, 0.1) is 5.92 Å². The SMILES string of the molecule is CC1CCN(c2nnc(SC[Si](C)(C)C)n2CC2CCCO2)CC1. The maximum Gasteiger partial charge on any atom is 0.228 e. The van der Waals surface area contributed by atoms with E-state index >= 15 is 0 Å². The average molecular weight is 369 g/mol. The van der Waals surface area contributed by atoms with Crippen LogP contribution < -0.4 is 4.90 Å². The molecule has 3 rings (SSSR count). The Morgan fingerprint density at radius 1 is 1.17 bits per heavy atom. The summed E-state index contributed by atoms with van der Waals surface area (Å²) in [5.41, 5.74) is 0. The maximum absolute atomic E-state index is 5.89. The van der Waals surface area contributed by atoms with Crippen molar-refractivity contribution < 1.29 is 4.74 Å². The van der Waals surface area contributed by atoms with Gasteiger partial charge < -0.3 is 9.64 Å². The molecule has 0 amide bonds. The molecule has 136 valence electrons. The van der Waals surface area contributed by atoms with Crippen molar-refractivity contribution in [2.24, 2.45) is 5.92 Å². The molecule has 0 bridgehead atoms. The maximum atomic E-state index is 5.89. The average Bonchev–Trinajstić information content (AvgIpc) is 3.16. The van der Waals surface area contributed by atoms with E-state index in [0.717, 1.165) is 49.7 Å². The van der Waals surface area contributed by atoms with Crippen LogP contribution in [0.1, 0.15) is 32.6 Å². The van der Waals surface area contributed by atoms with Crippen LogP contribution in [0.3, 0.4) is 0 Å². The van der Waals surface area contributed by atoms with E-state index in [-0.39, 0.29) is 0 Å². The predicted octanol–water partition coefficient (Wildman–Crippen LogP) is 3.66. The molecular weight excluding hydrogens is 336 g/mol. The van der Waals surface area contributed by atoms with Gasteiger partial charge in [0.05, 0.1) is 20.7 Å². The number of hydrogen-bond donors (Lipinski definition) is 0. The van der Waals surface area contributed by atoms with E-state index in [1.165, 1.54) is 24.6 Å². The summed E-state index contributed by atoms with van der Waals surface area (Å²) in [6.45, 7) is 13.6. The number of piperidine rings is 1. The van der Waals surface area contributed by atoms with Crippen LogP contribution in [-0.4, -0.2) is 54.0 Å². The fraction of sp³-hybridized carbons (Fsp3) is 0.882. The summed E-state index contributed by atoms with van der Waals surface area (Å²) in [6.07, 6.45) is 5.18. The van der Waals surface area contributed by atoms with Crippen LogP contribution in [0.4, 0.5) is 5.95 Å². The van der Waals surface area contributed by atoms with Gasteiger partial charge in [-0.05, 0) is 37.0 Å². The molecule has 3 heterocycles. The first-order chi connectivity index (χ1) is 11.4. The molecule has 0 N–H and O–H groups in total. The third-order valence-corrected chi connectivity index (χ3v) is 9.41. The Balaban J connectivity index is 1.77. The van der Waals surface area contributed by atoms with Crippen molar-refractivity contribution >= 4 is 25.8 Å².